The summed E-state index contributed by atoms with van der Waals surface area (Å²) in [6.07, 6.45) is 5.02. The molecule has 0 bridgehead atoms. The smallest absolute Gasteiger partial charge is 0.338 e. The Bertz CT molecular complexity index is 952. The molecule has 2 aromatic carbocycles. The van der Waals surface area contributed by atoms with Crippen LogP contribution in [0.25, 0.3) is 0 Å². The molecule has 0 saturated carbocycles. The zero-order chi connectivity index (χ0) is 18.3. The molecule has 1 N–H and O–H groups in total. The fourth-order valence-corrected chi connectivity index (χ4v) is 2.91. The number of hydrogen-bond acceptors (Lipinski definition) is 5. The van der Waals surface area contributed by atoms with Crippen LogP contribution >= 0.6 is 0 Å². The van der Waals surface area contributed by atoms with Crippen LogP contribution in [0.15, 0.2) is 53.4 Å². The van der Waals surface area contributed by atoms with E-state index in [1.165, 1.54) is 24.3 Å². The average molecular weight is 354 g/mol. The molecule has 0 aliphatic heterocycles. The molecule has 0 heterocycles. The maximum absolute atomic E-state index is 12.1. The van der Waals surface area contributed by atoms with E-state index in [-0.39, 0.29) is 23.6 Å². The molecule has 0 aliphatic rings. The fourth-order valence-electron chi connectivity index (χ4n) is 1.97. The summed E-state index contributed by atoms with van der Waals surface area (Å²) in [6, 6.07) is 14.1. The minimum atomic E-state index is -3.71. The second-order valence-electron chi connectivity index (χ2n) is 4.90. The van der Waals surface area contributed by atoms with Gasteiger partial charge in [0.05, 0.1) is 28.6 Å². The average Bonchev–Trinajstić information content (AvgIpc) is 2.64. The first-order valence-corrected chi connectivity index (χ1v) is 8.64. The van der Waals surface area contributed by atoms with E-state index in [1.807, 2.05) is 6.07 Å². The Kier molecular flexibility index (Phi) is 5.91. The predicted molar refractivity (Wildman–Crippen MR) is 90.7 cm³/mol. The van der Waals surface area contributed by atoms with E-state index in [4.69, 9.17) is 16.4 Å². The van der Waals surface area contributed by atoms with E-state index >= 15 is 0 Å². The van der Waals surface area contributed by atoms with Gasteiger partial charge in [-0.1, -0.05) is 24.1 Å². The lowest BCUT2D eigenvalue weighted by molar-refractivity contribution is 0.0472. The van der Waals surface area contributed by atoms with Crippen molar-refractivity contribution in [1.82, 2.24) is 4.72 Å². The monoisotopic (exact) mass is 354 g/mol. The van der Waals surface area contributed by atoms with Crippen molar-refractivity contribution in [2.75, 3.05) is 6.54 Å². The number of carbonyl (C=O) groups is 1. The van der Waals surface area contributed by atoms with E-state index in [9.17, 15) is 13.2 Å². The predicted octanol–water partition coefficient (Wildman–Crippen LogP) is 1.83. The van der Waals surface area contributed by atoms with E-state index in [0.717, 1.165) is 0 Å². The number of terminal acetylenes is 1. The van der Waals surface area contributed by atoms with Gasteiger partial charge in [-0.2, -0.15) is 9.98 Å². The number of ether oxygens (including phenoxy) is 1. The molecule has 6 nitrogen and oxygen atoms in total. The van der Waals surface area contributed by atoms with Crippen LogP contribution in [-0.2, 0) is 21.4 Å². The Morgan fingerprint density at radius 3 is 2.48 bits per heavy atom. The number of carbonyl (C=O) groups excluding carboxylic acids is 1. The third-order valence-corrected chi connectivity index (χ3v) is 4.68. The summed E-state index contributed by atoms with van der Waals surface area (Å²) in [5, 5.41) is 9.00. The molecule has 0 unspecified atom stereocenters. The summed E-state index contributed by atoms with van der Waals surface area (Å²) in [7, 11) is -3.71. The molecule has 0 spiro atoms. The SMILES string of the molecule is C#CCNS(=O)(=O)c1ccc(C(=O)OCc2ccccc2C#N)cc1. The van der Waals surface area contributed by atoms with E-state index in [2.05, 4.69) is 10.6 Å². The van der Waals surface area contributed by atoms with Gasteiger partial charge in [0, 0.05) is 5.56 Å². The molecule has 0 atom stereocenters. The van der Waals surface area contributed by atoms with Crippen molar-refractivity contribution in [3.63, 3.8) is 0 Å². The molecule has 0 aromatic heterocycles. The van der Waals surface area contributed by atoms with Crippen LogP contribution in [0.1, 0.15) is 21.5 Å². The Balaban J connectivity index is 2.06. The highest BCUT2D eigenvalue weighted by Crippen LogP contribution is 2.13. The molecule has 0 saturated heterocycles. The van der Waals surface area contributed by atoms with Crippen molar-refractivity contribution in [3.8, 4) is 18.4 Å². The van der Waals surface area contributed by atoms with Crippen molar-refractivity contribution in [1.29, 1.82) is 5.26 Å². The number of sulfonamides is 1. The molecule has 0 fully saturated rings. The van der Waals surface area contributed by atoms with Gasteiger partial charge in [-0.3, -0.25) is 0 Å². The second-order valence-corrected chi connectivity index (χ2v) is 6.67. The molecular formula is C18H14N2O4S. The summed E-state index contributed by atoms with van der Waals surface area (Å²) in [5.74, 6) is 1.56. The zero-order valence-electron chi connectivity index (χ0n) is 13.1. The number of nitrogens with one attached hydrogen (secondary N) is 1. The van der Waals surface area contributed by atoms with Gasteiger partial charge in [0.25, 0.3) is 0 Å². The minimum absolute atomic E-state index is 0.00544. The van der Waals surface area contributed by atoms with Crippen LogP contribution in [0.5, 0.6) is 0 Å². The number of benzene rings is 2. The maximum Gasteiger partial charge on any atom is 0.338 e. The van der Waals surface area contributed by atoms with E-state index in [0.29, 0.717) is 11.1 Å². The summed E-state index contributed by atoms with van der Waals surface area (Å²) in [4.78, 5) is 12.0. The lowest BCUT2D eigenvalue weighted by Crippen LogP contribution is -2.23. The molecule has 2 aromatic rings. The first-order chi connectivity index (χ1) is 12.0. The molecule has 2 rings (SSSR count). The van der Waals surface area contributed by atoms with Gasteiger partial charge in [0.1, 0.15) is 6.61 Å². The molecular weight excluding hydrogens is 340 g/mol. The Morgan fingerprint density at radius 2 is 1.84 bits per heavy atom. The summed E-state index contributed by atoms with van der Waals surface area (Å²) < 4.78 is 31.2. The lowest BCUT2D eigenvalue weighted by atomic mass is 10.1. The lowest BCUT2D eigenvalue weighted by Gasteiger charge is -2.07. The Labute approximate surface area is 146 Å². The van der Waals surface area contributed by atoms with Crippen molar-refractivity contribution >= 4 is 16.0 Å². The third kappa shape index (κ3) is 4.67. The topological polar surface area (TPSA) is 96.3 Å². The molecule has 0 radical (unpaired) electrons. The molecule has 7 heteroatoms. The van der Waals surface area contributed by atoms with Crippen LogP contribution in [0.2, 0.25) is 0 Å². The Morgan fingerprint density at radius 1 is 1.16 bits per heavy atom. The van der Waals surface area contributed by atoms with Crippen molar-refractivity contribution < 1.29 is 17.9 Å². The molecule has 0 aliphatic carbocycles. The highest BCUT2D eigenvalue weighted by atomic mass is 32.2. The standard InChI is InChI=1S/C18H14N2O4S/c1-2-11-20-25(22,23)17-9-7-14(8-10-17)18(21)24-13-16-6-4-3-5-15(16)12-19/h1,3-10,20H,11,13H2. The maximum atomic E-state index is 12.1. The number of nitrogens with zero attached hydrogens (tertiary/aromatic N) is 1. The molecule has 0 amide bonds. The largest absolute Gasteiger partial charge is 0.457 e. The minimum Gasteiger partial charge on any atom is -0.457 e. The van der Waals surface area contributed by atoms with Crippen molar-refractivity contribution in [2.45, 2.75) is 11.5 Å². The summed E-state index contributed by atoms with van der Waals surface area (Å²) in [6.45, 7) is -0.170. The summed E-state index contributed by atoms with van der Waals surface area (Å²) >= 11 is 0. The third-order valence-electron chi connectivity index (χ3n) is 3.26. The number of rotatable bonds is 6. The van der Waals surface area contributed by atoms with Gasteiger partial charge >= 0.3 is 5.97 Å². The Hall–Kier alpha value is -3.13. The van der Waals surface area contributed by atoms with Gasteiger partial charge in [-0.25, -0.2) is 13.2 Å². The number of esters is 1. The second kappa shape index (κ2) is 8.11. The number of hydrogen-bond donors (Lipinski definition) is 1. The van der Waals surface area contributed by atoms with Crippen LogP contribution in [0.3, 0.4) is 0 Å². The molecule has 25 heavy (non-hydrogen) atoms. The fraction of sp³-hybridized carbons (Fsp3) is 0.111. The van der Waals surface area contributed by atoms with Crippen LogP contribution in [0, 0.1) is 23.7 Å². The first kappa shape index (κ1) is 18.2. The van der Waals surface area contributed by atoms with Crippen molar-refractivity contribution in [3.05, 3.63) is 65.2 Å². The van der Waals surface area contributed by atoms with E-state index in [1.54, 1.807) is 24.3 Å². The van der Waals surface area contributed by atoms with Crippen molar-refractivity contribution in [2.24, 2.45) is 0 Å². The zero-order valence-corrected chi connectivity index (χ0v) is 13.9. The van der Waals surface area contributed by atoms with Gasteiger partial charge in [-0.05, 0) is 30.3 Å². The van der Waals surface area contributed by atoms with Gasteiger partial charge in [-0.15, -0.1) is 6.42 Å². The van der Waals surface area contributed by atoms with Gasteiger partial charge < -0.3 is 4.74 Å². The first-order valence-electron chi connectivity index (χ1n) is 7.16. The van der Waals surface area contributed by atoms with Crippen LogP contribution < -0.4 is 4.72 Å². The quantitative estimate of drug-likeness (QED) is 0.630. The molecule has 126 valence electrons. The normalized spacial score (nSPS) is 10.5. The number of nitriles is 1. The highest BCUT2D eigenvalue weighted by molar-refractivity contribution is 7.89. The van der Waals surface area contributed by atoms with Gasteiger partial charge in [0.15, 0.2) is 0 Å². The van der Waals surface area contributed by atoms with Crippen LogP contribution in [-0.4, -0.2) is 20.9 Å². The summed E-state index contributed by atoms with van der Waals surface area (Å²) in [5.41, 5.74) is 1.22. The highest BCUT2D eigenvalue weighted by Gasteiger charge is 2.15. The van der Waals surface area contributed by atoms with E-state index < -0.39 is 16.0 Å². The van der Waals surface area contributed by atoms with Gasteiger partial charge in [0.2, 0.25) is 10.0 Å². The van der Waals surface area contributed by atoms with Crippen LogP contribution in [0.4, 0.5) is 0 Å².